The SMILES string of the molecule is C=C=CCCOC(C)=O. The normalized spacial score (nSPS) is 7.67. The van der Waals surface area contributed by atoms with Crippen molar-refractivity contribution in [1.29, 1.82) is 0 Å². The molecule has 9 heavy (non-hydrogen) atoms. The van der Waals surface area contributed by atoms with Crippen LogP contribution in [0.1, 0.15) is 13.3 Å². The van der Waals surface area contributed by atoms with Crippen molar-refractivity contribution >= 4 is 5.97 Å². The van der Waals surface area contributed by atoms with Crippen LogP contribution in [-0.4, -0.2) is 12.6 Å². The molecule has 0 spiro atoms. The van der Waals surface area contributed by atoms with Crippen LogP contribution in [0.4, 0.5) is 0 Å². The second-order valence-electron chi connectivity index (χ2n) is 1.54. The summed E-state index contributed by atoms with van der Waals surface area (Å²) in [6.45, 7) is 5.17. The van der Waals surface area contributed by atoms with Crippen LogP contribution in [0.2, 0.25) is 0 Å². The Morgan fingerprint density at radius 1 is 1.89 bits per heavy atom. The lowest BCUT2D eigenvalue weighted by Crippen LogP contribution is -1.98. The van der Waals surface area contributed by atoms with Crippen molar-refractivity contribution in [3.05, 3.63) is 18.4 Å². The molecule has 0 fully saturated rings. The van der Waals surface area contributed by atoms with Gasteiger partial charge < -0.3 is 4.74 Å². The first-order valence-electron chi connectivity index (χ1n) is 2.75. The third-order valence-electron chi connectivity index (χ3n) is 0.712. The van der Waals surface area contributed by atoms with Gasteiger partial charge in [0.1, 0.15) is 0 Å². The standard InChI is InChI=1S/C7H10O2/c1-3-4-5-6-9-7(2)8/h4H,1,5-6H2,2H3. The molecular weight excluding hydrogens is 116 g/mol. The third kappa shape index (κ3) is 6.99. The van der Waals surface area contributed by atoms with Crippen molar-refractivity contribution < 1.29 is 9.53 Å². The second-order valence-corrected chi connectivity index (χ2v) is 1.54. The molecule has 0 bridgehead atoms. The van der Waals surface area contributed by atoms with E-state index >= 15 is 0 Å². The molecule has 2 heteroatoms. The minimum Gasteiger partial charge on any atom is -0.466 e. The van der Waals surface area contributed by atoms with E-state index in [-0.39, 0.29) is 5.97 Å². The van der Waals surface area contributed by atoms with Crippen LogP contribution < -0.4 is 0 Å². The molecule has 0 atom stereocenters. The molecule has 0 aliphatic carbocycles. The zero-order valence-electron chi connectivity index (χ0n) is 5.52. The molecule has 0 unspecified atom stereocenters. The summed E-state index contributed by atoms with van der Waals surface area (Å²) in [6, 6.07) is 0. The van der Waals surface area contributed by atoms with E-state index in [9.17, 15) is 4.79 Å². The van der Waals surface area contributed by atoms with Gasteiger partial charge in [-0.2, -0.15) is 0 Å². The van der Waals surface area contributed by atoms with Crippen molar-refractivity contribution in [3.8, 4) is 0 Å². The summed E-state index contributed by atoms with van der Waals surface area (Å²) in [5, 5.41) is 0. The maximum atomic E-state index is 10.1. The Kier molecular flexibility index (Phi) is 4.56. The number of hydrogen-bond donors (Lipinski definition) is 0. The highest BCUT2D eigenvalue weighted by Gasteiger charge is 1.87. The minimum absolute atomic E-state index is 0.243. The van der Waals surface area contributed by atoms with Gasteiger partial charge >= 0.3 is 5.97 Å². The zero-order valence-corrected chi connectivity index (χ0v) is 5.52. The van der Waals surface area contributed by atoms with Gasteiger partial charge in [0.05, 0.1) is 6.61 Å². The van der Waals surface area contributed by atoms with E-state index in [1.54, 1.807) is 6.08 Å². The van der Waals surface area contributed by atoms with E-state index in [2.05, 4.69) is 17.0 Å². The van der Waals surface area contributed by atoms with Crippen LogP contribution in [0, 0.1) is 0 Å². The molecule has 0 aromatic heterocycles. The van der Waals surface area contributed by atoms with E-state index in [1.807, 2.05) is 0 Å². The lowest BCUT2D eigenvalue weighted by molar-refractivity contribution is -0.140. The van der Waals surface area contributed by atoms with Crippen molar-refractivity contribution in [2.45, 2.75) is 13.3 Å². The van der Waals surface area contributed by atoms with E-state index in [4.69, 9.17) is 0 Å². The smallest absolute Gasteiger partial charge is 0.302 e. The molecule has 0 aliphatic rings. The van der Waals surface area contributed by atoms with Gasteiger partial charge in [-0.05, 0) is 6.08 Å². The minimum atomic E-state index is -0.243. The Morgan fingerprint density at radius 3 is 3.00 bits per heavy atom. The predicted molar refractivity (Wildman–Crippen MR) is 35.0 cm³/mol. The predicted octanol–water partition coefficient (Wildman–Crippen LogP) is 1.28. The first-order chi connectivity index (χ1) is 4.27. The quantitative estimate of drug-likeness (QED) is 0.323. The fourth-order valence-electron chi connectivity index (χ4n) is 0.364. The Morgan fingerprint density at radius 2 is 2.56 bits per heavy atom. The van der Waals surface area contributed by atoms with Crippen LogP contribution in [0.25, 0.3) is 0 Å². The largest absolute Gasteiger partial charge is 0.466 e. The lowest BCUT2D eigenvalue weighted by atomic mass is 10.4. The number of rotatable bonds is 3. The van der Waals surface area contributed by atoms with Crippen LogP contribution in [0.5, 0.6) is 0 Å². The van der Waals surface area contributed by atoms with Gasteiger partial charge in [0.2, 0.25) is 0 Å². The highest BCUT2D eigenvalue weighted by atomic mass is 16.5. The van der Waals surface area contributed by atoms with E-state index in [0.717, 1.165) is 0 Å². The summed E-state index contributed by atoms with van der Waals surface area (Å²) in [5.74, 6) is -0.243. The summed E-state index contributed by atoms with van der Waals surface area (Å²) >= 11 is 0. The highest BCUT2D eigenvalue weighted by molar-refractivity contribution is 5.65. The maximum absolute atomic E-state index is 10.1. The van der Waals surface area contributed by atoms with E-state index in [1.165, 1.54) is 6.92 Å². The van der Waals surface area contributed by atoms with E-state index in [0.29, 0.717) is 13.0 Å². The van der Waals surface area contributed by atoms with Crippen molar-refractivity contribution in [3.63, 3.8) is 0 Å². The van der Waals surface area contributed by atoms with Gasteiger partial charge in [-0.15, -0.1) is 5.73 Å². The summed E-state index contributed by atoms with van der Waals surface area (Å²) in [7, 11) is 0. The first kappa shape index (κ1) is 7.99. The average molecular weight is 126 g/mol. The maximum Gasteiger partial charge on any atom is 0.302 e. The topological polar surface area (TPSA) is 26.3 Å². The summed E-state index contributed by atoms with van der Waals surface area (Å²) in [5.41, 5.74) is 2.58. The molecule has 0 amide bonds. The first-order valence-corrected chi connectivity index (χ1v) is 2.75. The molecule has 0 aromatic rings. The summed E-state index contributed by atoms with van der Waals surface area (Å²) in [6.07, 6.45) is 2.42. The number of hydrogen-bond acceptors (Lipinski definition) is 2. The Bertz CT molecular complexity index is 130. The Balaban J connectivity index is 3.10. The van der Waals surface area contributed by atoms with Gasteiger partial charge in [-0.1, -0.05) is 6.58 Å². The summed E-state index contributed by atoms with van der Waals surface area (Å²) < 4.78 is 4.61. The summed E-state index contributed by atoms with van der Waals surface area (Å²) in [4.78, 5) is 10.1. The number of ether oxygens (including phenoxy) is 1. The van der Waals surface area contributed by atoms with Gasteiger partial charge in [-0.25, -0.2) is 0 Å². The Labute approximate surface area is 54.8 Å². The number of esters is 1. The van der Waals surface area contributed by atoms with Crippen molar-refractivity contribution in [2.24, 2.45) is 0 Å². The van der Waals surface area contributed by atoms with Gasteiger partial charge in [-0.3, -0.25) is 4.79 Å². The van der Waals surface area contributed by atoms with Gasteiger partial charge in [0.25, 0.3) is 0 Å². The van der Waals surface area contributed by atoms with Crippen molar-refractivity contribution in [1.82, 2.24) is 0 Å². The molecule has 0 saturated heterocycles. The number of carbonyl (C=O) groups is 1. The Hall–Kier alpha value is -1.01. The molecule has 0 heterocycles. The highest BCUT2D eigenvalue weighted by Crippen LogP contribution is 1.82. The monoisotopic (exact) mass is 126 g/mol. The van der Waals surface area contributed by atoms with Gasteiger partial charge in [0, 0.05) is 13.3 Å². The number of carbonyl (C=O) groups excluding carboxylic acids is 1. The second kappa shape index (κ2) is 5.13. The van der Waals surface area contributed by atoms with Gasteiger partial charge in [0.15, 0.2) is 0 Å². The van der Waals surface area contributed by atoms with E-state index < -0.39 is 0 Å². The van der Waals surface area contributed by atoms with Crippen LogP contribution >= 0.6 is 0 Å². The molecule has 0 N–H and O–H groups in total. The molecular formula is C7H10O2. The molecule has 50 valence electrons. The zero-order chi connectivity index (χ0) is 7.11. The van der Waals surface area contributed by atoms with Crippen LogP contribution in [-0.2, 0) is 9.53 Å². The third-order valence-corrected chi connectivity index (χ3v) is 0.712. The fourth-order valence-corrected chi connectivity index (χ4v) is 0.364. The average Bonchev–Trinajstić information content (AvgIpc) is 1.80. The molecule has 0 aliphatic heterocycles. The van der Waals surface area contributed by atoms with Crippen molar-refractivity contribution in [2.75, 3.05) is 6.61 Å². The molecule has 0 rings (SSSR count). The van der Waals surface area contributed by atoms with Crippen LogP contribution in [0.3, 0.4) is 0 Å². The lowest BCUT2D eigenvalue weighted by Gasteiger charge is -1.94. The molecule has 2 nitrogen and oxygen atoms in total. The fraction of sp³-hybridized carbons (Fsp3) is 0.429. The molecule has 0 saturated carbocycles. The molecule has 0 radical (unpaired) electrons. The molecule has 0 aromatic carbocycles. The van der Waals surface area contributed by atoms with Crippen LogP contribution in [0.15, 0.2) is 18.4 Å².